The first-order chi connectivity index (χ1) is 8.25. The highest BCUT2D eigenvalue weighted by atomic mass is 16.1. The molecule has 2 N–H and O–H groups in total. The summed E-state index contributed by atoms with van der Waals surface area (Å²) in [5.41, 5.74) is 2.08. The Morgan fingerprint density at radius 1 is 1.29 bits per heavy atom. The van der Waals surface area contributed by atoms with Crippen LogP contribution in [0.5, 0.6) is 0 Å². The van der Waals surface area contributed by atoms with Crippen molar-refractivity contribution in [3.8, 4) is 0 Å². The molecule has 3 nitrogen and oxygen atoms in total. The van der Waals surface area contributed by atoms with Gasteiger partial charge in [-0.15, -0.1) is 0 Å². The second-order valence-electron chi connectivity index (χ2n) is 4.70. The maximum Gasteiger partial charge on any atom is 0.221 e. The highest BCUT2D eigenvalue weighted by molar-refractivity contribution is 5.89. The summed E-state index contributed by atoms with van der Waals surface area (Å²) in [4.78, 5) is 11.1. The molecule has 0 radical (unpaired) electrons. The van der Waals surface area contributed by atoms with Crippen molar-refractivity contribution in [3.05, 3.63) is 29.8 Å². The molecule has 17 heavy (non-hydrogen) atoms. The molecule has 0 bridgehead atoms. The molecule has 0 saturated heterocycles. The van der Waals surface area contributed by atoms with Gasteiger partial charge in [0.25, 0.3) is 0 Å². The first kappa shape index (κ1) is 12.1. The lowest BCUT2D eigenvalue weighted by Crippen LogP contribution is -2.25. The number of carbonyl (C=O) groups is 1. The Morgan fingerprint density at radius 2 is 2.00 bits per heavy atom. The molecule has 3 heteroatoms. The molecule has 1 aromatic rings. The highest BCUT2D eigenvalue weighted by Crippen LogP contribution is 2.20. The van der Waals surface area contributed by atoms with Gasteiger partial charge in [0.05, 0.1) is 0 Å². The van der Waals surface area contributed by atoms with Gasteiger partial charge < -0.3 is 10.6 Å². The molecule has 1 fully saturated rings. The van der Waals surface area contributed by atoms with E-state index >= 15 is 0 Å². The molecule has 0 unspecified atom stereocenters. The third kappa shape index (κ3) is 3.56. The zero-order valence-corrected chi connectivity index (χ0v) is 10.3. The second kappa shape index (κ2) is 5.82. The normalized spacial score (nSPS) is 16.1. The SMILES string of the molecule is CC(=O)Nc1ccccc1CNC1CCCC1. The van der Waals surface area contributed by atoms with Gasteiger partial charge in [-0.3, -0.25) is 4.79 Å². The number of nitrogens with one attached hydrogen (secondary N) is 2. The van der Waals surface area contributed by atoms with Gasteiger partial charge in [-0.25, -0.2) is 0 Å². The first-order valence-corrected chi connectivity index (χ1v) is 6.34. The molecule has 1 aliphatic carbocycles. The molecule has 0 heterocycles. The van der Waals surface area contributed by atoms with Crippen LogP contribution in [0.1, 0.15) is 38.2 Å². The van der Waals surface area contributed by atoms with Crippen LogP contribution in [0.15, 0.2) is 24.3 Å². The summed E-state index contributed by atoms with van der Waals surface area (Å²) < 4.78 is 0. The predicted octanol–water partition coefficient (Wildman–Crippen LogP) is 2.68. The molecule has 0 aromatic heterocycles. The number of anilines is 1. The van der Waals surface area contributed by atoms with Crippen LogP contribution in [0.2, 0.25) is 0 Å². The topological polar surface area (TPSA) is 41.1 Å². The third-order valence-corrected chi connectivity index (χ3v) is 3.26. The molecule has 1 aromatic carbocycles. The summed E-state index contributed by atoms with van der Waals surface area (Å²) in [6.07, 6.45) is 5.24. The van der Waals surface area contributed by atoms with Crippen molar-refractivity contribution in [1.29, 1.82) is 0 Å². The van der Waals surface area contributed by atoms with E-state index in [4.69, 9.17) is 0 Å². The van der Waals surface area contributed by atoms with Crippen molar-refractivity contribution >= 4 is 11.6 Å². The van der Waals surface area contributed by atoms with E-state index in [1.54, 1.807) is 6.92 Å². The molecule has 0 atom stereocenters. The summed E-state index contributed by atoms with van der Waals surface area (Å²) in [5.74, 6) is -0.0154. The summed E-state index contributed by atoms with van der Waals surface area (Å²) >= 11 is 0. The fourth-order valence-electron chi connectivity index (χ4n) is 2.37. The van der Waals surface area contributed by atoms with Crippen molar-refractivity contribution in [2.45, 2.75) is 45.2 Å². The standard InChI is InChI=1S/C14H20N2O/c1-11(17)16-14-9-5-2-6-12(14)10-15-13-7-3-4-8-13/h2,5-6,9,13,15H,3-4,7-8,10H2,1H3,(H,16,17). The molecular weight excluding hydrogens is 212 g/mol. The Bertz CT molecular complexity index is 384. The van der Waals surface area contributed by atoms with Gasteiger partial charge in [0.1, 0.15) is 0 Å². The number of carbonyl (C=O) groups excluding carboxylic acids is 1. The van der Waals surface area contributed by atoms with E-state index in [0.29, 0.717) is 6.04 Å². The highest BCUT2D eigenvalue weighted by Gasteiger charge is 2.14. The summed E-state index contributed by atoms with van der Waals surface area (Å²) in [6.45, 7) is 2.38. The zero-order valence-electron chi connectivity index (χ0n) is 10.3. The van der Waals surface area contributed by atoms with E-state index in [1.807, 2.05) is 18.2 Å². The quantitative estimate of drug-likeness (QED) is 0.838. The number of amides is 1. The van der Waals surface area contributed by atoms with Gasteiger partial charge in [0.15, 0.2) is 0 Å². The molecule has 1 amide bonds. The Kier molecular flexibility index (Phi) is 4.15. The van der Waals surface area contributed by atoms with Gasteiger partial charge in [-0.1, -0.05) is 31.0 Å². The molecule has 0 spiro atoms. The van der Waals surface area contributed by atoms with Crippen LogP contribution in [-0.2, 0) is 11.3 Å². The van der Waals surface area contributed by atoms with Crippen LogP contribution in [0, 0.1) is 0 Å². The van der Waals surface area contributed by atoms with E-state index in [9.17, 15) is 4.79 Å². The monoisotopic (exact) mass is 232 g/mol. The average Bonchev–Trinajstić information content (AvgIpc) is 2.80. The van der Waals surface area contributed by atoms with Crippen LogP contribution >= 0.6 is 0 Å². The van der Waals surface area contributed by atoms with Crippen LogP contribution < -0.4 is 10.6 Å². The number of para-hydroxylation sites is 1. The molecule has 2 rings (SSSR count). The smallest absolute Gasteiger partial charge is 0.221 e. The summed E-state index contributed by atoms with van der Waals surface area (Å²) in [6, 6.07) is 8.63. The van der Waals surface area contributed by atoms with Crippen LogP contribution in [0.25, 0.3) is 0 Å². The fourth-order valence-corrected chi connectivity index (χ4v) is 2.37. The van der Waals surface area contributed by atoms with Crippen LogP contribution in [0.3, 0.4) is 0 Å². The summed E-state index contributed by atoms with van der Waals surface area (Å²) in [5, 5.41) is 6.43. The lowest BCUT2D eigenvalue weighted by atomic mass is 10.1. The fraction of sp³-hybridized carbons (Fsp3) is 0.500. The van der Waals surface area contributed by atoms with E-state index in [2.05, 4.69) is 16.7 Å². The molecule has 1 aliphatic rings. The largest absolute Gasteiger partial charge is 0.326 e. The lowest BCUT2D eigenvalue weighted by molar-refractivity contribution is -0.114. The average molecular weight is 232 g/mol. The third-order valence-electron chi connectivity index (χ3n) is 3.26. The first-order valence-electron chi connectivity index (χ1n) is 6.34. The second-order valence-corrected chi connectivity index (χ2v) is 4.70. The molecule has 92 valence electrons. The Balaban J connectivity index is 1.96. The van der Waals surface area contributed by atoms with Gasteiger partial charge in [-0.2, -0.15) is 0 Å². The molecular formula is C14H20N2O. The minimum Gasteiger partial charge on any atom is -0.326 e. The van der Waals surface area contributed by atoms with Crippen molar-refractivity contribution in [2.24, 2.45) is 0 Å². The predicted molar refractivity (Wildman–Crippen MR) is 69.8 cm³/mol. The molecule has 0 aliphatic heterocycles. The van der Waals surface area contributed by atoms with E-state index in [0.717, 1.165) is 17.8 Å². The molecule has 1 saturated carbocycles. The minimum absolute atomic E-state index is 0.0154. The number of hydrogen-bond acceptors (Lipinski definition) is 2. The maximum absolute atomic E-state index is 11.1. The van der Waals surface area contributed by atoms with E-state index < -0.39 is 0 Å². The van der Waals surface area contributed by atoms with Gasteiger partial charge in [-0.05, 0) is 24.5 Å². The minimum atomic E-state index is -0.0154. The number of hydrogen-bond donors (Lipinski definition) is 2. The van der Waals surface area contributed by atoms with Gasteiger partial charge >= 0.3 is 0 Å². The van der Waals surface area contributed by atoms with Crippen LogP contribution in [0.4, 0.5) is 5.69 Å². The number of rotatable bonds is 4. The van der Waals surface area contributed by atoms with Crippen LogP contribution in [-0.4, -0.2) is 11.9 Å². The van der Waals surface area contributed by atoms with Crippen molar-refractivity contribution in [2.75, 3.05) is 5.32 Å². The van der Waals surface area contributed by atoms with Gasteiger partial charge in [0, 0.05) is 25.2 Å². The van der Waals surface area contributed by atoms with Gasteiger partial charge in [0.2, 0.25) is 5.91 Å². The van der Waals surface area contributed by atoms with E-state index in [-0.39, 0.29) is 5.91 Å². The van der Waals surface area contributed by atoms with E-state index in [1.165, 1.54) is 25.7 Å². The maximum atomic E-state index is 11.1. The Morgan fingerprint density at radius 3 is 2.71 bits per heavy atom. The Labute approximate surface area is 103 Å². The zero-order chi connectivity index (χ0) is 12.1. The van der Waals surface area contributed by atoms with Crippen molar-refractivity contribution < 1.29 is 4.79 Å². The summed E-state index contributed by atoms with van der Waals surface area (Å²) in [7, 11) is 0. The number of benzene rings is 1. The van der Waals surface area contributed by atoms with Crippen molar-refractivity contribution in [1.82, 2.24) is 5.32 Å². The lowest BCUT2D eigenvalue weighted by Gasteiger charge is -2.14. The Hall–Kier alpha value is -1.35. The van der Waals surface area contributed by atoms with Crippen molar-refractivity contribution in [3.63, 3.8) is 0 Å².